The van der Waals surface area contributed by atoms with E-state index in [4.69, 9.17) is 4.74 Å². The molecule has 0 aliphatic carbocycles. The van der Waals surface area contributed by atoms with Crippen LogP contribution in [0.4, 0.5) is 5.69 Å². The lowest BCUT2D eigenvalue weighted by molar-refractivity contribution is 0.170. The van der Waals surface area contributed by atoms with Crippen LogP contribution in [0.3, 0.4) is 0 Å². The number of nitrogens with zero attached hydrogens (tertiary/aromatic N) is 1. The minimum Gasteiger partial charge on any atom is -0.489 e. The van der Waals surface area contributed by atoms with Crippen LogP contribution in [0, 0.1) is 0 Å². The van der Waals surface area contributed by atoms with Gasteiger partial charge in [0.05, 0.1) is 10.6 Å². The molecule has 6 nitrogen and oxygen atoms in total. The molecule has 0 spiro atoms. The normalized spacial score (nSPS) is 15.9. The monoisotopic (exact) mass is 409 g/mol. The van der Waals surface area contributed by atoms with Crippen LogP contribution in [0.15, 0.2) is 78.0 Å². The Hall–Kier alpha value is -2.90. The summed E-state index contributed by atoms with van der Waals surface area (Å²) >= 11 is 0. The molecule has 2 N–H and O–H groups in total. The quantitative estimate of drug-likeness (QED) is 0.625. The van der Waals surface area contributed by atoms with E-state index in [9.17, 15) is 8.42 Å². The van der Waals surface area contributed by atoms with Gasteiger partial charge in [-0.3, -0.25) is 9.71 Å². The molecule has 0 amide bonds. The van der Waals surface area contributed by atoms with Crippen LogP contribution in [0.2, 0.25) is 0 Å². The molecule has 29 heavy (non-hydrogen) atoms. The van der Waals surface area contributed by atoms with Crippen molar-refractivity contribution >= 4 is 15.7 Å². The average Bonchev–Trinajstić information content (AvgIpc) is 2.75. The molecule has 0 saturated heterocycles. The Labute approximate surface area is 171 Å². The van der Waals surface area contributed by atoms with Crippen molar-refractivity contribution < 1.29 is 13.2 Å². The van der Waals surface area contributed by atoms with Gasteiger partial charge in [0.1, 0.15) is 11.9 Å². The van der Waals surface area contributed by atoms with Crippen LogP contribution >= 0.6 is 0 Å². The Kier molecular flexibility index (Phi) is 5.78. The molecule has 2 heterocycles. The number of benzene rings is 2. The van der Waals surface area contributed by atoms with Crippen LogP contribution in [0.1, 0.15) is 17.5 Å². The van der Waals surface area contributed by atoms with E-state index in [2.05, 4.69) is 15.0 Å². The maximum atomic E-state index is 12.5. The molecular weight excluding hydrogens is 386 g/mol. The summed E-state index contributed by atoms with van der Waals surface area (Å²) in [7, 11) is -3.62. The van der Waals surface area contributed by atoms with Gasteiger partial charge in [-0.1, -0.05) is 30.3 Å². The lowest BCUT2D eigenvalue weighted by Crippen LogP contribution is -2.34. The highest BCUT2D eigenvalue weighted by atomic mass is 32.2. The van der Waals surface area contributed by atoms with Gasteiger partial charge in [0.25, 0.3) is 10.0 Å². The van der Waals surface area contributed by atoms with Gasteiger partial charge < -0.3 is 10.1 Å². The largest absolute Gasteiger partial charge is 0.489 e. The summed E-state index contributed by atoms with van der Waals surface area (Å²) in [6, 6.07) is 17.8. The number of fused-ring (bicyclic) bond motifs is 1. The predicted octanol–water partition coefficient (Wildman–Crippen LogP) is 3.37. The minimum atomic E-state index is -3.62. The number of rotatable bonds is 7. The SMILES string of the molecule is O=S(=O)(Nc1ccc2c(c1)OC(CNCc1cccnc1)CC2)c1ccccc1. The number of sulfonamides is 1. The molecule has 3 aromatic rings. The van der Waals surface area contributed by atoms with Gasteiger partial charge in [0.15, 0.2) is 0 Å². The zero-order chi connectivity index (χ0) is 20.1. The molecule has 0 radical (unpaired) electrons. The van der Waals surface area contributed by atoms with E-state index in [0.29, 0.717) is 12.2 Å². The third-order valence-electron chi connectivity index (χ3n) is 4.83. The summed E-state index contributed by atoms with van der Waals surface area (Å²) in [5, 5.41) is 3.40. The fourth-order valence-electron chi connectivity index (χ4n) is 3.33. The molecule has 7 heteroatoms. The molecular formula is C22H23N3O3S. The van der Waals surface area contributed by atoms with Gasteiger partial charge in [-0.2, -0.15) is 0 Å². The van der Waals surface area contributed by atoms with E-state index in [1.807, 2.05) is 24.4 Å². The van der Waals surface area contributed by atoms with Crippen molar-refractivity contribution in [3.05, 3.63) is 84.2 Å². The molecule has 150 valence electrons. The molecule has 1 unspecified atom stereocenters. The second kappa shape index (κ2) is 8.63. The molecule has 1 aromatic heterocycles. The molecule has 4 rings (SSSR count). The summed E-state index contributed by atoms with van der Waals surface area (Å²) in [6.45, 7) is 1.45. The van der Waals surface area contributed by atoms with Crippen molar-refractivity contribution in [3.8, 4) is 5.75 Å². The van der Waals surface area contributed by atoms with Gasteiger partial charge >= 0.3 is 0 Å². The molecule has 0 fully saturated rings. The molecule has 0 bridgehead atoms. The van der Waals surface area contributed by atoms with Crippen molar-refractivity contribution in [1.29, 1.82) is 0 Å². The van der Waals surface area contributed by atoms with Crippen molar-refractivity contribution in [1.82, 2.24) is 10.3 Å². The first-order valence-electron chi connectivity index (χ1n) is 9.57. The standard InChI is InChI=1S/C22H23N3O3S/c26-29(27,21-6-2-1-3-7-21)25-19-10-8-18-9-11-20(28-22(18)13-19)16-24-15-17-5-4-12-23-14-17/h1-8,10,12-14,20,24-25H,9,11,15-16H2. The fourth-order valence-corrected chi connectivity index (χ4v) is 4.40. The number of anilines is 1. The second-order valence-electron chi connectivity index (χ2n) is 7.01. The average molecular weight is 410 g/mol. The van der Waals surface area contributed by atoms with Crippen LogP contribution < -0.4 is 14.8 Å². The van der Waals surface area contributed by atoms with E-state index in [1.165, 1.54) is 0 Å². The third kappa shape index (κ3) is 4.93. The molecule has 1 aliphatic heterocycles. The van der Waals surface area contributed by atoms with Gasteiger partial charge in [-0.15, -0.1) is 0 Å². The van der Waals surface area contributed by atoms with E-state index in [0.717, 1.165) is 36.3 Å². The second-order valence-corrected chi connectivity index (χ2v) is 8.69. The van der Waals surface area contributed by atoms with E-state index < -0.39 is 10.0 Å². The topological polar surface area (TPSA) is 80.3 Å². The molecule has 2 aromatic carbocycles. The van der Waals surface area contributed by atoms with Gasteiger partial charge in [-0.05, 0) is 48.2 Å². The summed E-state index contributed by atoms with van der Waals surface area (Å²) in [4.78, 5) is 4.35. The van der Waals surface area contributed by atoms with Crippen molar-refractivity contribution in [2.24, 2.45) is 0 Å². The van der Waals surface area contributed by atoms with Crippen molar-refractivity contribution in [2.45, 2.75) is 30.4 Å². The van der Waals surface area contributed by atoms with Crippen molar-refractivity contribution in [3.63, 3.8) is 0 Å². The highest BCUT2D eigenvalue weighted by molar-refractivity contribution is 7.92. The Bertz CT molecular complexity index is 1060. The maximum absolute atomic E-state index is 12.5. The van der Waals surface area contributed by atoms with E-state index >= 15 is 0 Å². The Morgan fingerprint density at radius 1 is 1.07 bits per heavy atom. The number of hydrogen-bond acceptors (Lipinski definition) is 5. The molecule has 1 atom stereocenters. The van der Waals surface area contributed by atoms with Crippen LogP contribution in [-0.2, 0) is 23.0 Å². The Morgan fingerprint density at radius 2 is 1.93 bits per heavy atom. The number of aromatic nitrogens is 1. The highest BCUT2D eigenvalue weighted by Crippen LogP contribution is 2.31. The van der Waals surface area contributed by atoms with Crippen LogP contribution in [-0.4, -0.2) is 26.1 Å². The van der Waals surface area contributed by atoms with Crippen LogP contribution in [0.5, 0.6) is 5.75 Å². The highest BCUT2D eigenvalue weighted by Gasteiger charge is 2.21. The number of nitrogens with one attached hydrogen (secondary N) is 2. The smallest absolute Gasteiger partial charge is 0.261 e. The molecule has 0 saturated carbocycles. The summed E-state index contributed by atoms with van der Waals surface area (Å²) in [5.41, 5.74) is 2.72. The molecule has 1 aliphatic rings. The summed E-state index contributed by atoms with van der Waals surface area (Å²) in [6.07, 6.45) is 5.46. The lowest BCUT2D eigenvalue weighted by Gasteiger charge is -2.27. The van der Waals surface area contributed by atoms with Gasteiger partial charge in [-0.25, -0.2) is 8.42 Å². The fraction of sp³-hybridized carbons (Fsp3) is 0.227. The zero-order valence-electron chi connectivity index (χ0n) is 15.9. The third-order valence-corrected chi connectivity index (χ3v) is 6.22. The van der Waals surface area contributed by atoms with Crippen molar-refractivity contribution in [2.75, 3.05) is 11.3 Å². The first-order valence-corrected chi connectivity index (χ1v) is 11.1. The number of ether oxygens (including phenoxy) is 1. The van der Waals surface area contributed by atoms with E-state index in [-0.39, 0.29) is 11.0 Å². The number of hydrogen-bond donors (Lipinski definition) is 2. The van der Waals surface area contributed by atoms with Crippen LogP contribution in [0.25, 0.3) is 0 Å². The predicted molar refractivity (Wildman–Crippen MR) is 112 cm³/mol. The summed E-state index contributed by atoms with van der Waals surface area (Å²) < 4.78 is 33.8. The maximum Gasteiger partial charge on any atom is 0.261 e. The lowest BCUT2D eigenvalue weighted by atomic mass is 10.0. The van der Waals surface area contributed by atoms with Gasteiger partial charge in [0.2, 0.25) is 0 Å². The Morgan fingerprint density at radius 3 is 2.72 bits per heavy atom. The first-order chi connectivity index (χ1) is 14.1. The summed E-state index contributed by atoms with van der Waals surface area (Å²) in [5.74, 6) is 0.734. The number of pyridine rings is 1. The minimum absolute atomic E-state index is 0.0418. The van der Waals surface area contributed by atoms with Gasteiger partial charge in [0, 0.05) is 31.5 Å². The Balaban J connectivity index is 1.39. The number of aryl methyl sites for hydroxylation is 1. The first kappa shape index (κ1) is 19.4. The van der Waals surface area contributed by atoms with E-state index in [1.54, 1.807) is 48.7 Å². The zero-order valence-corrected chi connectivity index (χ0v) is 16.7.